The van der Waals surface area contributed by atoms with E-state index in [9.17, 15) is 4.79 Å². The zero-order valence-corrected chi connectivity index (χ0v) is 11.7. The fraction of sp³-hybridized carbons (Fsp3) is 0.400. The second-order valence-electron chi connectivity index (χ2n) is 5.00. The molecule has 0 N–H and O–H groups in total. The van der Waals surface area contributed by atoms with Crippen molar-refractivity contribution >= 4 is 5.97 Å². The van der Waals surface area contributed by atoms with Crippen molar-refractivity contribution in [2.45, 2.75) is 32.6 Å². The molecule has 0 radical (unpaired) electrons. The predicted molar refractivity (Wildman–Crippen MR) is 74.0 cm³/mol. The van der Waals surface area contributed by atoms with Gasteiger partial charge in [0, 0.05) is 6.20 Å². The van der Waals surface area contributed by atoms with Gasteiger partial charge in [-0.2, -0.15) is 5.10 Å². The summed E-state index contributed by atoms with van der Waals surface area (Å²) in [4.78, 5) is 16.2. The van der Waals surface area contributed by atoms with Crippen molar-refractivity contribution in [3.8, 4) is 5.82 Å². The maximum absolute atomic E-state index is 11.8. The van der Waals surface area contributed by atoms with Gasteiger partial charge < -0.3 is 4.74 Å². The van der Waals surface area contributed by atoms with Gasteiger partial charge in [0.05, 0.1) is 18.5 Å². The lowest BCUT2D eigenvalue weighted by Gasteiger charge is -2.05. The lowest BCUT2D eigenvalue weighted by molar-refractivity contribution is 0.0525. The third kappa shape index (κ3) is 2.31. The van der Waals surface area contributed by atoms with Crippen LogP contribution in [0.5, 0.6) is 0 Å². The van der Waals surface area contributed by atoms with E-state index in [1.807, 2.05) is 19.2 Å². The summed E-state index contributed by atoms with van der Waals surface area (Å²) in [5.41, 5.74) is 2.51. The van der Waals surface area contributed by atoms with Crippen LogP contribution in [0.25, 0.3) is 5.82 Å². The molecule has 2 aromatic rings. The van der Waals surface area contributed by atoms with Crippen LogP contribution in [0.2, 0.25) is 0 Å². The molecule has 5 nitrogen and oxygen atoms in total. The summed E-state index contributed by atoms with van der Waals surface area (Å²) in [6, 6.07) is 4.04. The van der Waals surface area contributed by atoms with Crippen LogP contribution >= 0.6 is 0 Å². The van der Waals surface area contributed by atoms with Crippen molar-refractivity contribution in [3.05, 3.63) is 41.3 Å². The number of esters is 1. The Kier molecular flexibility index (Phi) is 3.26. The highest BCUT2D eigenvalue weighted by molar-refractivity contribution is 5.90. The highest BCUT2D eigenvalue weighted by atomic mass is 16.5. The number of hydrogen-bond acceptors (Lipinski definition) is 4. The van der Waals surface area contributed by atoms with E-state index in [-0.39, 0.29) is 5.97 Å². The van der Waals surface area contributed by atoms with Crippen molar-refractivity contribution < 1.29 is 9.53 Å². The lowest BCUT2D eigenvalue weighted by atomic mass is 10.2. The molecule has 0 atom stereocenters. The zero-order chi connectivity index (χ0) is 14.1. The van der Waals surface area contributed by atoms with Crippen LogP contribution in [0.3, 0.4) is 0 Å². The molecule has 0 amide bonds. The second kappa shape index (κ2) is 5.07. The number of carbonyl (C=O) groups excluding carboxylic acids is 1. The average molecular weight is 271 g/mol. The molecular formula is C15H17N3O2. The van der Waals surface area contributed by atoms with E-state index in [2.05, 4.69) is 16.1 Å². The van der Waals surface area contributed by atoms with Crippen LogP contribution in [0.4, 0.5) is 0 Å². The first-order valence-electron chi connectivity index (χ1n) is 6.88. The normalized spacial score (nSPS) is 14.3. The van der Waals surface area contributed by atoms with Crippen LogP contribution in [0.15, 0.2) is 24.5 Å². The van der Waals surface area contributed by atoms with Crippen molar-refractivity contribution in [1.82, 2.24) is 14.8 Å². The molecule has 2 aromatic heterocycles. The van der Waals surface area contributed by atoms with Crippen LogP contribution in [-0.2, 0) is 4.74 Å². The molecule has 0 aromatic carbocycles. The lowest BCUT2D eigenvalue weighted by Crippen LogP contribution is -2.07. The molecular weight excluding hydrogens is 254 g/mol. The van der Waals surface area contributed by atoms with Gasteiger partial charge in [0.25, 0.3) is 0 Å². The van der Waals surface area contributed by atoms with Gasteiger partial charge in [-0.15, -0.1) is 0 Å². The molecule has 5 heteroatoms. The summed E-state index contributed by atoms with van der Waals surface area (Å²) in [6.07, 6.45) is 5.95. The molecule has 0 bridgehead atoms. The minimum Gasteiger partial charge on any atom is -0.462 e. The van der Waals surface area contributed by atoms with Crippen LogP contribution in [0, 0.1) is 6.92 Å². The molecule has 0 spiro atoms. The van der Waals surface area contributed by atoms with Gasteiger partial charge in [-0.05, 0) is 44.2 Å². The molecule has 0 aliphatic heterocycles. The molecule has 1 fully saturated rings. The molecule has 1 aliphatic rings. The molecule has 3 rings (SSSR count). The third-order valence-corrected chi connectivity index (χ3v) is 3.54. The number of rotatable bonds is 4. The van der Waals surface area contributed by atoms with Crippen LogP contribution < -0.4 is 0 Å². The first-order valence-corrected chi connectivity index (χ1v) is 6.88. The average Bonchev–Trinajstić information content (AvgIpc) is 3.23. The van der Waals surface area contributed by atoms with Crippen LogP contribution in [-0.4, -0.2) is 27.3 Å². The van der Waals surface area contributed by atoms with Crippen molar-refractivity contribution in [1.29, 1.82) is 0 Å². The Hall–Kier alpha value is -2.17. The van der Waals surface area contributed by atoms with Crippen molar-refractivity contribution in [2.75, 3.05) is 6.61 Å². The highest BCUT2D eigenvalue weighted by Gasteiger charge is 2.24. The van der Waals surface area contributed by atoms with Gasteiger partial charge in [-0.3, -0.25) is 0 Å². The van der Waals surface area contributed by atoms with Gasteiger partial charge in [0.1, 0.15) is 5.56 Å². The van der Waals surface area contributed by atoms with E-state index in [1.54, 1.807) is 11.6 Å². The molecule has 1 aliphatic carbocycles. The van der Waals surface area contributed by atoms with Gasteiger partial charge >= 0.3 is 5.97 Å². The van der Waals surface area contributed by atoms with Crippen LogP contribution in [0.1, 0.15) is 47.3 Å². The molecule has 0 unspecified atom stereocenters. The molecule has 20 heavy (non-hydrogen) atoms. The van der Waals surface area contributed by atoms with E-state index in [4.69, 9.17) is 4.74 Å². The number of aromatic nitrogens is 3. The first kappa shape index (κ1) is 12.8. The molecule has 104 valence electrons. The Balaban J connectivity index is 1.88. The second-order valence-corrected chi connectivity index (χ2v) is 5.00. The summed E-state index contributed by atoms with van der Waals surface area (Å²) >= 11 is 0. The quantitative estimate of drug-likeness (QED) is 0.802. The number of nitrogens with zero attached hydrogens (tertiary/aromatic N) is 3. The monoisotopic (exact) mass is 271 g/mol. The predicted octanol–water partition coefficient (Wildman–Crippen LogP) is 2.63. The fourth-order valence-electron chi connectivity index (χ4n) is 2.23. The smallest absolute Gasteiger partial charge is 0.341 e. The Morgan fingerprint density at radius 2 is 2.20 bits per heavy atom. The minimum absolute atomic E-state index is 0.342. The first-order chi connectivity index (χ1) is 9.70. The Labute approximate surface area is 117 Å². The van der Waals surface area contributed by atoms with E-state index >= 15 is 0 Å². The minimum atomic E-state index is -0.342. The maximum Gasteiger partial charge on any atom is 0.341 e. The topological polar surface area (TPSA) is 57.0 Å². The molecule has 0 saturated heterocycles. The SMILES string of the molecule is CCOC(=O)c1cnn(-c2ccc(C3CC3)cn2)c1C. The van der Waals surface area contributed by atoms with Gasteiger partial charge in [0.2, 0.25) is 0 Å². The number of carbonyl (C=O) groups is 1. The van der Waals surface area contributed by atoms with Gasteiger partial charge in [-0.25, -0.2) is 14.5 Å². The van der Waals surface area contributed by atoms with Gasteiger partial charge in [-0.1, -0.05) is 6.07 Å². The standard InChI is InChI=1S/C15H17N3O2/c1-3-20-15(19)13-9-17-18(10(13)2)14-7-6-12(8-16-14)11-4-5-11/h6-9,11H,3-5H2,1-2H3. The Bertz CT molecular complexity index is 627. The number of ether oxygens (including phenoxy) is 1. The largest absolute Gasteiger partial charge is 0.462 e. The summed E-state index contributed by atoms with van der Waals surface area (Å²) in [7, 11) is 0. The zero-order valence-electron chi connectivity index (χ0n) is 11.7. The molecule has 1 saturated carbocycles. The van der Waals surface area contributed by atoms with E-state index in [0.29, 0.717) is 18.1 Å². The maximum atomic E-state index is 11.8. The molecule has 2 heterocycles. The van der Waals surface area contributed by atoms with E-state index in [0.717, 1.165) is 11.5 Å². The Morgan fingerprint density at radius 1 is 1.40 bits per heavy atom. The Morgan fingerprint density at radius 3 is 2.80 bits per heavy atom. The third-order valence-electron chi connectivity index (χ3n) is 3.54. The number of hydrogen-bond donors (Lipinski definition) is 0. The van der Waals surface area contributed by atoms with E-state index < -0.39 is 0 Å². The number of pyridine rings is 1. The summed E-state index contributed by atoms with van der Waals surface area (Å²) in [5.74, 6) is 1.07. The summed E-state index contributed by atoms with van der Waals surface area (Å²) in [5, 5.41) is 4.23. The summed E-state index contributed by atoms with van der Waals surface area (Å²) < 4.78 is 6.67. The van der Waals surface area contributed by atoms with Crippen molar-refractivity contribution in [3.63, 3.8) is 0 Å². The van der Waals surface area contributed by atoms with E-state index in [1.165, 1.54) is 24.6 Å². The van der Waals surface area contributed by atoms with Crippen molar-refractivity contribution in [2.24, 2.45) is 0 Å². The highest BCUT2D eigenvalue weighted by Crippen LogP contribution is 2.39. The van der Waals surface area contributed by atoms with Gasteiger partial charge in [0.15, 0.2) is 5.82 Å². The summed E-state index contributed by atoms with van der Waals surface area (Å²) in [6.45, 7) is 3.99. The fourth-order valence-corrected chi connectivity index (χ4v) is 2.23.